The van der Waals surface area contributed by atoms with Gasteiger partial charge in [-0.15, -0.1) is 0 Å². The van der Waals surface area contributed by atoms with Crippen LogP contribution in [0.5, 0.6) is 0 Å². The van der Waals surface area contributed by atoms with Crippen molar-refractivity contribution in [3.8, 4) is 0 Å². The number of rotatable bonds is 3. The second-order valence-corrected chi connectivity index (χ2v) is 5.43. The van der Waals surface area contributed by atoms with Gasteiger partial charge in [0.25, 0.3) is 0 Å². The summed E-state index contributed by atoms with van der Waals surface area (Å²) >= 11 is 0. The van der Waals surface area contributed by atoms with Gasteiger partial charge in [0, 0.05) is 31.9 Å². The Bertz CT molecular complexity index is 828. The molecule has 0 amide bonds. The molecule has 0 fully saturated rings. The number of hydrogen-bond donors (Lipinski definition) is 0. The van der Waals surface area contributed by atoms with Gasteiger partial charge in [0.2, 0.25) is 5.69 Å². The molecule has 0 saturated carbocycles. The standard InChI is InChI=1S/C19H18N2O.2H2O/c1-20(2)17-10-7-15(8-11-17)9-12-19-18-6-4-3-5-16(18)13-14-21(19)22;;/h3-14H,1-2H3;2*1H2/b12-9+;;. The van der Waals surface area contributed by atoms with Crippen molar-refractivity contribution in [2.75, 3.05) is 19.0 Å². The van der Waals surface area contributed by atoms with Crippen LogP contribution in [0.25, 0.3) is 22.9 Å². The monoisotopic (exact) mass is 326 g/mol. The molecule has 2 aromatic carbocycles. The van der Waals surface area contributed by atoms with Crippen molar-refractivity contribution < 1.29 is 15.7 Å². The molecule has 5 heteroatoms. The van der Waals surface area contributed by atoms with E-state index in [9.17, 15) is 5.21 Å². The van der Waals surface area contributed by atoms with Crippen molar-refractivity contribution >= 4 is 28.6 Å². The summed E-state index contributed by atoms with van der Waals surface area (Å²) in [7, 11) is 4.03. The van der Waals surface area contributed by atoms with Crippen molar-refractivity contribution in [3.05, 3.63) is 77.3 Å². The number of benzene rings is 2. The van der Waals surface area contributed by atoms with Gasteiger partial charge in [0.15, 0.2) is 6.20 Å². The van der Waals surface area contributed by atoms with Crippen LogP contribution in [-0.2, 0) is 0 Å². The summed E-state index contributed by atoms with van der Waals surface area (Å²) in [4.78, 5) is 2.06. The first-order valence-corrected chi connectivity index (χ1v) is 7.21. The molecule has 3 aromatic rings. The molecule has 0 aliphatic carbocycles. The third-order valence-electron chi connectivity index (χ3n) is 3.71. The number of anilines is 1. The minimum Gasteiger partial charge on any atom is -0.618 e. The van der Waals surface area contributed by atoms with Crippen molar-refractivity contribution in [3.63, 3.8) is 0 Å². The number of nitrogens with zero attached hydrogens (tertiary/aromatic N) is 2. The van der Waals surface area contributed by atoms with E-state index in [1.807, 2.05) is 68.7 Å². The van der Waals surface area contributed by atoms with Gasteiger partial charge in [-0.05, 0) is 35.2 Å². The maximum Gasteiger partial charge on any atom is 0.224 e. The summed E-state index contributed by atoms with van der Waals surface area (Å²) in [5.41, 5.74) is 2.88. The summed E-state index contributed by atoms with van der Waals surface area (Å²) in [6.07, 6.45) is 5.40. The molecule has 1 heterocycles. The normalized spacial score (nSPS) is 10.2. The first-order valence-electron chi connectivity index (χ1n) is 7.21. The maximum atomic E-state index is 12.1. The highest BCUT2D eigenvalue weighted by molar-refractivity contribution is 5.89. The Kier molecular flexibility index (Phi) is 6.47. The first-order chi connectivity index (χ1) is 10.6. The van der Waals surface area contributed by atoms with Gasteiger partial charge in [-0.1, -0.05) is 30.3 Å². The molecule has 0 spiro atoms. The van der Waals surface area contributed by atoms with Gasteiger partial charge < -0.3 is 21.1 Å². The fourth-order valence-corrected chi connectivity index (χ4v) is 2.44. The lowest BCUT2D eigenvalue weighted by atomic mass is 10.1. The summed E-state index contributed by atoms with van der Waals surface area (Å²) in [5.74, 6) is 0. The quantitative estimate of drug-likeness (QED) is 0.544. The SMILES string of the molecule is CN(C)c1ccc(/C=C/c2c3ccccc3cc[n+]2[O-])cc1.O.O. The number of aromatic nitrogens is 1. The van der Waals surface area contributed by atoms with E-state index in [0.717, 1.165) is 26.8 Å². The smallest absolute Gasteiger partial charge is 0.224 e. The zero-order chi connectivity index (χ0) is 15.5. The largest absolute Gasteiger partial charge is 0.618 e. The van der Waals surface area contributed by atoms with Gasteiger partial charge in [-0.2, -0.15) is 4.73 Å². The summed E-state index contributed by atoms with van der Waals surface area (Å²) in [6, 6.07) is 18.0. The fourth-order valence-electron chi connectivity index (χ4n) is 2.44. The molecular formula is C19H22N2O3. The average Bonchev–Trinajstić information content (AvgIpc) is 2.54. The van der Waals surface area contributed by atoms with E-state index in [1.165, 1.54) is 0 Å². The Hall–Kier alpha value is -2.89. The molecule has 0 aliphatic rings. The summed E-state index contributed by atoms with van der Waals surface area (Å²) in [6.45, 7) is 0. The van der Waals surface area contributed by atoms with E-state index in [1.54, 1.807) is 6.20 Å². The molecule has 0 radical (unpaired) electrons. The van der Waals surface area contributed by atoms with E-state index in [0.29, 0.717) is 5.69 Å². The van der Waals surface area contributed by atoms with E-state index in [-0.39, 0.29) is 11.0 Å². The molecule has 0 aliphatic heterocycles. The lowest BCUT2D eigenvalue weighted by Gasteiger charge is -2.11. The highest BCUT2D eigenvalue weighted by atomic mass is 16.5. The molecule has 1 aromatic heterocycles. The molecule has 0 bridgehead atoms. The van der Waals surface area contributed by atoms with Gasteiger partial charge >= 0.3 is 0 Å². The lowest BCUT2D eigenvalue weighted by molar-refractivity contribution is -0.605. The first kappa shape index (κ1) is 19.2. The third-order valence-corrected chi connectivity index (χ3v) is 3.71. The molecule has 5 nitrogen and oxygen atoms in total. The second-order valence-electron chi connectivity index (χ2n) is 5.43. The topological polar surface area (TPSA) is 93.2 Å². The van der Waals surface area contributed by atoms with E-state index < -0.39 is 0 Å². The number of fused-ring (bicyclic) bond motifs is 1. The van der Waals surface area contributed by atoms with E-state index in [4.69, 9.17) is 0 Å². The average molecular weight is 326 g/mol. The Morgan fingerprint density at radius 3 is 2.21 bits per heavy atom. The Morgan fingerprint density at radius 2 is 1.54 bits per heavy atom. The Balaban J connectivity index is 0.00000144. The van der Waals surface area contributed by atoms with Crippen LogP contribution in [0.15, 0.2) is 60.8 Å². The van der Waals surface area contributed by atoms with Gasteiger partial charge in [-0.25, -0.2) is 0 Å². The Morgan fingerprint density at radius 1 is 0.875 bits per heavy atom. The van der Waals surface area contributed by atoms with Crippen LogP contribution in [0.2, 0.25) is 0 Å². The highest BCUT2D eigenvalue weighted by Gasteiger charge is 2.07. The van der Waals surface area contributed by atoms with E-state index in [2.05, 4.69) is 17.0 Å². The van der Waals surface area contributed by atoms with Crippen LogP contribution in [0.4, 0.5) is 5.69 Å². The molecule has 3 rings (SSSR count). The van der Waals surface area contributed by atoms with Crippen LogP contribution in [0, 0.1) is 5.21 Å². The van der Waals surface area contributed by atoms with Crippen LogP contribution >= 0.6 is 0 Å². The number of pyridine rings is 1. The lowest BCUT2D eigenvalue weighted by Crippen LogP contribution is -2.29. The van der Waals surface area contributed by atoms with Crippen LogP contribution in [0.1, 0.15) is 11.3 Å². The molecule has 0 atom stereocenters. The van der Waals surface area contributed by atoms with Crippen molar-refractivity contribution in [2.24, 2.45) is 0 Å². The maximum absolute atomic E-state index is 12.1. The molecule has 24 heavy (non-hydrogen) atoms. The second kappa shape index (κ2) is 8.10. The van der Waals surface area contributed by atoms with Crippen LogP contribution < -0.4 is 9.63 Å². The van der Waals surface area contributed by atoms with Crippen molar-refractivity contribution in [1.82, 2.24) is 0 Å². The Labute approximate surface area is 141 Å². The summed E-state index contributed by atoms with van der Waals surface area (Å²) < 4.78 is 0.910. The highest BCUT2D eigenvalue weighted by Crippen LogP contribution is 2.18. The fraction of sp³-hybridized carbons (Fsp3) is 0.105. The zero-order valence-electron chi connectivity index (χ0n) is 13.7. The van der Waals surface area contributed by atoms with Crippen molar-refractivity contribution in [2.45, 2.75) is 0 Å². The number of hydrogen-bond acceptors (Lipinski definition) is 2. The molecule has 0 unspecified atom stereocenters. The predicted molar refractivity (Wildman–Crippen MR) is 99.8 cm³/mol. The third kappa shape index (κ3) is 3.90. The molecule has 126 valence electrons. The van der Waals surface area contributed by atoms with Crippen LogP contribution in [0.3, 0.4) is 0 Å². The van der Waals surface area contributed by atoms with Crippen molar-refractivity contribution in [1.29, 1.82) is 0 Å². The minimum atomic E-state index is 0. The predicted octanol–water partition coefficient (Wildman–Crippen LogP) is 2.06. The zero-order valence-corrected chi connectivity index (χ0v) is 13.7. The summed E-state index contributed by atoms with van der Waals surface area (Å²) in [5, 5.41) is 14.1. The van der Waals surface area contributed by atoms with E-state index >= 15 is 0 Å². The van der Waals surface area contributed by atoms with Gasteiger partial charge in [-0.3, -0.25) is 0 Å². The van der Waals surface area contributed by atoms with Gasteiger partial charge in [0.05, 0.1) is 5.39 Å². The molecule has 0 saturated heterocycles. The minimum absolute atomic E-state index is 0. The van der Waals surface area contributed by atoms with Crippen LogP contribution in [-0.4, -0.2) is 25.0 Å². The van der Waals surface area contributed by atoms with Gasteiger partial charge in [0.1, 0.15) is 0 Å². The molecule has 4 N–H and O–H groups in total. The molecular weight excluding hydrogens is 304 g/mol.